The molecule has 0 radical (unpaired) electrons. The topological polar surface area (TPSA) is 65.1 Å². The number of amides is 2. The molecule has 3 rings (SSSR count). The van der Waals surface area contributed by atoms with Crippen LogP contribution in [0.1, 0.15) is 19.3 Å². The molecule has 0 aromatic rings. The summed E-state index contributed by atoms with van der Waals surface area (Å²) in [5.74, 6) is 0.153. The van der Waals surface area contributed by atoms with Gasteiger partial charge in [-0.05, 0) is 19.9 Å². The van der Waals surface area contributed by atoms with Crippen LogP contribution in [0.4, 0.5) is 0 Å². The SMILES string of the molecule is CNCC1CCCN1C(=O)C1CC(=O)N(CCN2CCOCC2)C1. The van der Waals surface area contributed by atoms with Crippen LogP contribution in [-0.4, -0.2) is 98.6 Å². The summed E-state index contributed by atoms with van der Waals surface area (Å²) in [6.45, 7) is 7.29. The minimum Gasteiger partial charge on any atom is -0.379 e. The summed E-state index contributed by atoms with van der Waals surface area (Å²) in [6, 6.07) is 0.292. The number of hydrogen-bond donors (Lipinski definition) is 1. The zero-order valence-corrected chi connectivity index (χ0v) is 14.7. The van der Waals surface area contributed by atoms with E-state index >= 15 is 0 Å². The van der Waals surface area contributed by atoms with Crippen molar-refractivity contribution in [1.82, 2.24) is 20.0 Å². The second kappa shape index (κ2) is 8.27. The zero-order chi connectivity index (χ0) is 16.9. The Morgan fingerprint density at radius 3 is 2.79 bits per heavy atom. The largest absolute Gasteiger partial charge is 0.379 e. The molecule has 3 fully saturated rings. The van der Waals surface area contributed by atoms with Crippen LogP contribution in [-0.2, 0) is 14.3 Å². The van der Waals surface area contributed by atoms with Crippen molar-refractivity contribution < 1.29 is 14.3 Å². The van der Waals surface area contributed by atoms with Crippen molar-refractivity contribution in [3.8, 4) is 0 Å². The summed E-state index contributed by atoms with van der Waals surface area (Å²) in [5, 5.41) is 3.17. The third-order valence-corrected chi connectivity index (χ3v) is 5.45. The number of likely N-dealkylation sites (N-methyl/N-ethyl adjacent to an activating group) is 1. The molecule has 3 saturated heterocycles. The lowest BCUT2D eigenvalue weighted by atomic mass is 10.1. The molecule has 1 N–H and O–H groups in total. The van der Waals surface area contributed by atoms with Gasteiger partial charge in [-0.15, -0.1) is 0 Å². The lowest BCUT2D eigenvalue weighted by molar-refractivity contribution is -0.136. The number of nitrogens with zero attached hydrogens (tertiary/aromatic N) is 3. The maximum Gasteiger partial charge on any atom is 0.228 e. The van der Waals surface area contributed by atoms with E-state index in [1.165, 1.54) is 0 Å². The number of carbonyl (C=O) groups excluding carboxylic acids is 2. The fourth-order valence-electron chi connectivity index (χ4n) is 4.05. The van der Waals surface area contributed by atoms with Crippen LogP contribution in [0.25, 0.3) is 0 Å². The van der Waals surface area contributed by atoms with Gasteiger partial charge >= 0.3 is 0 Å². The van der Waals surface area contributed by atoms with Crippen molar-refractivity contribution in [2.75, 3.05) is 66.1 Å². The minimum atomic E-state index is -0.153. The van der Waals surface area contributed by atoms with Gasteiger partial charge in [0.1, 0.15) is 0 Å². The molecular weight excluding hydrogens is 308 g/mol. The van der Waals surface area contributed by atoms with Gasteiger partial charge in [0.25, 0.3) is 0 Å². The molecule has 3 aliphatic rings. The Kier molecular flexibility index (Phi) is 6.08. The third-order valence-electron chi connectivity index (χ3n) is 5.45. The van der Waals surface area contributed by atoms with Gasteiger partial charge in [-0.2, -0.15) is 0 Å². The van der Waals surface area contributed by atoms with E-state index < -0.39 is 0 Å². The van der Waals surface area contributed by atoms with E-state index in [4.69, 9.17) is 4.74 Å². The van der Waals surface area contributed by atoms with Crippen LogP contribution in [0.2, 0.25) is 0 Å². The van der Waals surface area contributed by atoms with E-state index in [0.29, 0.717) is 19.0 Å². The molecule has 7 nitrogen and oxygen atoms in total. The standard InChI is InChI=1S/C17H30N4O3/c1-18-12-15-3-2-4-21(15)17(23)14-11-16(22)20(13-14)6-5-19-7-9-24-10-8-19/h14-15,18H,2-13H2,1H3. The smallest absolute Gasteiger partial charge is 0.228 e. The highest BCUT2D eigenvalue weighted by atomic mass is 16.5. The number of likely N-dealkylation sites (tertiary alicyclic amines) is 2. The van der Waals surface area contributed by atoms with E-state index in [2.05, 4.69) is 10.2 Å². The third kappa shape index (κ3) is 4.07. The minimum absolute atomic E-state index is 0.131. The summed E-state index contributed by atoms with van der Waals surface area (Å²) in [5.41, 5.74) is 0. The van der Waals surface area contributed by atoms with E-state index in [0.717, 1.165) is 65.3 Å². The van der Waals surface area contributed by atoms with Crippen molar-refractivity contribution in [2.24, 2.45) is 5.92 Å². The van der Waals surface area contributed by atoms with Crippen LogP contribution in [0.3, 0.4) is 0 Å². The highest BCUT2D eigenvalue weighted by Gasteiger charge is 2.39. The predicted octanol–water partition coefficient (Wildman–Crippen LogP) is -0.622. The molecule has 0 spiro atoms. The number of nitrogens with one attached hydrogen (secondary N) is 1. The summed E-state index contributed by atoms with van der Waals surface area (Å²) >= 11 is 0. The van der Waals surface area contributed by atoms with E-state index in [-0.39, 0.29) is 17.7 Å². The molecular formula is C17H30N4O3. The van der Waals surface area contributed by atoms with Crippen LogP contribution in [0, 0.1) is 5.92 Å². The van der Waals surface area contributed by atoms with E-state index in [1.807, 2.05) is 16.8 Å². The van der Waals surface area contributed by atoms with Gasteiger partial charge < -0.3 is 19.9 Å². The van der Waals surface area contributed by atoms with E-state index in [9.17, 15) is 9.59 Å². The Morgan fingerprint density at radius 1 is 1.25 bits per heavy atom. The van der Waals surface area contributed by atoms with Crippen LogP contribution < -0.4 is 5.32 Å². The molecule has 24 heavy (non-hydrogen) atoms. The van der Waals surface area contributed by atoms with Crippen LogP contribution in [0.5, 0.6) is 0 Å². The number of rotatable bonds is 6. The normalized spacial score (nSPS) is 28.8. The van der Waals surface area contributed by atoms with Gasteiger partial charge in [0.05, 0.1) is 19.1 Å². The Bertz CT molecular complexity index is 453. The molecule has 0 aromatic carbocycles. The van der Waals surface area contributed by atoms with Gasteiger partial charge in [-0.1, -0.05) is 0 Å². The number of carbonyl (C=O) groups is 2. The second-order valence-corrected chi connectivity index (χ2v) is 7.08. The van der Waals surface area contributed by atoms with Crippen molar-refractivity contribution >= 4 is 11.8 Å². The lowest BCUT2D eigenvalue weighted by Gasteiger charge is -2.29. The molecule has 3 aliphatic heterocycles. The lowest BCUT2D eigenvalue weighted by Crippen LogP contribution is -2.45. The second-order valence-electron chi connectivity index (χ2n) is 7.08. The summed E-state index contributed by atoms with van der Waals surface area (Å²) in [7, 11) is 1.92. The molecule has 136 valence electrons. The average molecular weight is 338 g/mol. The summed E-state index contributed by atoms with van der Waals surface area (Å²) in [6.07, 6.45) is 2.51. The Hall–Kier alpha value is -1.18. The monoisotopic (exact) mass is 338 g/mol. The molecule has 3 heterocycles. The number of morpholine rings is 1. The van der Waals surface area contributed by atoms with Gasteiger partial charge in [0, 0.05) is 58.3 Å². The first-order valence-electron chi connectivity index (χ1n) is 9.22. The average Bonchev–Trinajstić information content (AvgIpc) is 3.20. The van der Waals surface area contributed by atoms with Crippen molar-refractivity contribution in [1.29, 1.82) is 0 Å². The van der Waals surface area contributed by atoms with Crippen molar-refractivity contribution in [3.63, 3.8) is 0 Å². The number of hydrogen-bond acceptors (Lipinski definition) is 5. The van der Waals surface area contributed by atoms with Crippen LogP contribution in [0.15, 0.2) is 0 Å². The van der Waals surface area contributed by atoms with Crippen molar-refractivity contribution in [2.45, 2.75) is 25.3 Å². The highest BCUT2D eigenvalue weighted by Crippen LogP contribution is 2.25. The first-order chi connectivity index (χ1) is 11.7. The van der Waals surface area contributed by atoms with Gasteiger partial charge in [-0.25, -0.2) is 0 Å². The summed E-state index contributed by atoms with van der Waals surface area (Å²) in [4.78, 5) is 31.3. The van der Waals surface area contributed by atoms with Gasteiger partial charge in [0.2, 0.25) is 11.8 Å². The maximum absolute atomic E-state index is 12.8. The predicted molar refractivity (Wildman–Crippen MR) is 90.6 cm³/mol. The zero-order valence-electron chi connectivity index (χ0n) is 14.7. The molecule has 0 aliphatic carbocycles. The number of ether oxygens (including phenoxy) is 1. The molecule has 7 heteroatoms. The van der Waals surface area contributed by atoms with Gasteiger partial charge in [-0.3, -0.25) is 14.5 Å². The quantitative estimate of drug-likeness (QED) is 0.699. The molecule has 2 amide bonds. The fourth-order valence-corrected chi connectivity index (χ4v) is 4.05. The Balaban J connectivity index is 1.49. The molecule has 0 bridgehead atoms. The van der Waals surface area contributed by atoms with Crippen molar-refractivity contribution in [3.05, 3.63) is 0 Å². The maximum atomic E-state index is 12.8. The summed E-state index contributed by atoms with van der Waals surface area (Å²) < 4.78 is 5.35. The Morgan fingerprint density at radius 2 is 2.04 bits per heavy atom. The highest BCUT2D eigenvalue weighted by molar-refractivity contribution is 5.89. The Labute approximate surface area is 144 Å². The van der Waals surface area contributed by atoms with E-state index in [1.54, 1.807) is 0 Å². The molecule has 0 saturated carbocycles. The molecule has 0 aromatic heterocycles. The first-order valence-corrected chi connectivity index (χ1v) is 9.22. The molecule has 2 atom stereocenters. The van der Waals surface area contributed by atoms with Gasteiger partial charge in [0.15, 0.2) is 0 Å². The fraction of sp³-hybridized carbons (Fsp3) is 0.882. The first kappa shape index (κ1) is 17.6. The van der Waals surface area contributed by atoms with Crippen LogP contribution >= 0.6 is 0 Å². The molecule has 2 unspecified atom stereocenters.